The van der Waals surface area contributed by atoms with E-state index in [1.54, 1.807) is 6.20 Å². The maximum atomic E-state index is 12.0. The lowest BCUT2D eigenvalue weighted by molar-refractivity contribution is -0.122. The Morgan fingerprint density at radius 3 is 3.06 bits per heavy atom. The largest absolute Gasteiger partial charge is 0.480 e. The number of carbonyl (C=O) groups is 1. The third-order valence-corrected chi connectivity index (χ3v) is 3.64. The molecule has 1 aromatic carbocycles. The van der Waals surface area contributed by atoms with Crippen molar-refractivity contribution in [3.05, 3.63) is 41.0 Å². The molecule has 1 aliphatic rings. The standard InChI is InChI=1S/C13H12N2O2S/c1-8-14-7-12(18-8)15-13(16)11-6-9-4-2-3-5-10(9)17-11/h2-5,7,11H,6H2,1H3,(H,15,16)/t11-/m1/s1. The highest BCUT2D eigenvalue weighted by atomic mass is 32.1. The van der Waals surface area contributed by atoms with Gasteiger partial charge in [-0.2, -0.15) is 0 Å². The topological polar surface area (TPSA) is 51.2 Å². The van der Waals surface area contributed by atoms with Crippen LogP contribution in [0.15, 0.2) is 30.5 Å². The first-order valence-corrected chi connectivity index (χ1v) is 6.52. The van der Waals surface area contributed by atoms with Gasteiger partial charge in [0.1, 0.15) is 10.8 Å². The van der Waals surface area contributed by atoms with Crippen molar-refractivity contribution in [2.45, 2.75) is 19.4 Å². The van der Waals surface area contributed by atoms with Gasteiger partial charge in [0.05, 0.1) is 11.2 Å². The fourth-order valence-electron chi connectivity index (χ4n) is 1.95. The Bertz CT molecular complexity index is 569. The number of hydrogen-bond acceptors (Lipinski definition) is 4. The van der Waals surface area contributed by atoms with E-state index in [1.807, 2.05) is 31.2 Å². The summed E-state index contributed by atoms with van der Waals surface area (Å²) in [5.41, 5.74) is 1.08. The lowest BCUT2D eigenvalue weighted by Crippen LogP contribution is -2.31. The number of ether oxygens (including phenoxy) is 1. The molecule has 1 aliphatic heterocycles. The van der Waals surface area contributed by atoms with Crippen LogP contribution < -0.4 is 10.1 Å². The van der Waals surface area contributed by atoms with E-state index in [-0.39, 0.29) is 5.91 Å². The molecular weight excluding hydrogens is 248 g/mol. The van der Waals surface area contributed by atoms with Gasteiger partial charge < -0.3 is 10.1 Å². The van der Waals surface area contributed by atoms with Gasteiger partial charge in [-0.25, -0.2) is 4.98 Å². The van der Waals surface area contributed by atoms with Gasteiger partial charge >= 0.3 is 0 Å². The van der Waals surface area contributed by atoms with Crippen molar-refractivity contribution in [1.29, 1.82) is 0 Å². The van der Waals surface area contributed by atoms with E-state index in [0.29, 0.717) is 6.42 Å². The zero-order valence-electron chi connectivity index (χ0n) is 9.84. The number of nitrogens with one attached hydrogen (secondary N) is 1. The second-order valence-electron chi connectivity index (χ2n) is 4.15. The van der Waals surface area contributed by atoms with Crippen LogP contribution >= 0.6 is 11.3 Å². The molecule has 1 atom stereocenters. The van der Waals surface area contributed by atoms with Gasteiger partial charge in [0, 0.05) is 6.42 Å². The van der Waals surface area contributed by atoms with Crippen molar-refractivity contribution in [2.75, 3.05) is 5.32 Å². The number of rotatable bonds is 2. The summed E-state index contributed by atoms with van der Waals surface area (Å²) in [5.74, 6) is 0.688. The molecule has 0 saturated carbocycles. The lowest BCUT2D eigenvalue weighted by Gasteiger charge is -2.09. The van der Waals surface area contributed by atoms with Crippen LogP contribution in [0.5, 0.6) is 5.75 Å². The monoisotopic (exact) mass is 260 g/mol. The predicted molar refractivity (Wildman–Crippen MR) is 70.0 cm³/mol. The summed E-state index contributed by atoms with van der Waals surface area (Å²) in [6, 6.07) is 7.74. The lowest BCUT2D eigenvalue weighted by atomic mass is 10.1. The van der Waals surface area contributed by atoms with E-state index in [0.717, 1.165) is 21.3 Å². The number of benzene rings is 1. The number of hydrogen-bond donors (Lipinski definition) is 1. The third kappa shape index (κ3) is 2.09. The second kappa shape index (κ2) is 4.42. The molecule has 4 nitrogen and oxygen atoms in total. The summed E-state index contributed by atoms with van der Waals surface area (Å²) >= 11 is 1.46. The summed E-state index contributed by atoms with van der Waals surface area (Å²) in [6.45, 7) is 1.91. The molecule has 0 aliphatic carbocycles. The average molecular weight is 260 g/mol. The second-order valence-corrected chi connectivity index (χ2v) is 5.39. The molecular formula is C13H12N2O2S. The van der Waals surface area contributed by atoms with Gasteiger partial charge in [0.15, 0.2) is 6.10 Å². The molecule has 0 saturated heterocycles. The predicted octanol–water partition coefficient (Wildman–Crippen LogP) is 2.39. The van der Waals surface area contributed by atoms with Crippen molar-refractivity contribution in [1.82, 2.24) is 4.98 Å². The number of anilines is 1. The summed E-state index contributed by atoms with van der Waals surface area (Å²) < 4.78 is 5.62. The fraction of sp³-hybridized carbons (Fsp3) is 0.231. The highest BCUT2D eigenvalue weighted by Gasteiger charge is 2.28. The smallest absolute Gasteiger partial charge is 0.266 e. The van der Waals surface area contributed by atoms with Crippen LogP contribution in [0.25, 0.3) is 0 Å². The van der Waals surface area contributed by atoms with Crippen molar-refractivity contribution < 1.29 is 9.53 Å². The minimum atomic E-state index is -0.440. The van der Waals surface area contributed by atoms with E-state index >= 15 is 0 Å². The molecule has 0 fully saturated rings. The van der Waals surface area contributed by atoms with E-state index in [1.165, 1.54) is 11.3 Å². The SMILES string of the molecule is Cc1ncc(NC(=O)[C@H]2Cc3ccccc3O2)s1. The minimum Gasteiger partial charge on any atom is -0.480 e. The van der Waals surface area contributed by atoms with Crippen molar-refractivity contribution in [2.24, 2.45) is 0 Å². The Morgan fingerprint density at radius 1 is 1.50 bits per heavy atom. The number of amides is 1. The molecule has 1 aromatic heterocycles. The first-order chi connectivity index (χ1) is 8.72. The number of fused-ring (bicyclic) bond motifs is 1. The van der Waals surface area contributed by atoms with Crippen LogP contribution in [0.1, 0.15) is 10.6 Å². The first-order valence-electron chi connectivity index (χ1n) is 5.70. The zero-order chi connectivity index (χ0) is 12.5. The van der Waals surface area contributed by atoms with Crippen molar-refractivity contribution >= 4 is 22.2 Å². The molecule has 18 heavy (non-hydrogen) atoms. The first kappa shape index (κ1) is 11.2. The molecule has 3 rings (SSSR count). The molecule has 1 N–H and O–H groups in total. The van der Waals surface area contributed by atoms with Gasteiger partial charge in [0.2, 0.25) is 0 Å². The molecule has 2 heterocycles. The summed E-state index contributed by atoms with van der Waals surface area (Å²) in [6.07, 6.45) is 1.85. The van der Waals surface area contributed by atoms with E-state index in [4.69, 9.17) is 4.74 Å². The normalized spacial score (nSPS) is 17.1. The molecule has 0 spiro atoms. The maximum absolute atomic E-state index is 12.0. The maximum Gasteiger partial charge on any atom is 0.266 e. The van der Waals surface area contributed by atoms with E-state index < -0.39 is 6.10 Å². The third-order valence-electron chi connectivity index (χ3n) is 2.81. The molecule has 0 radical (unpaired) electrons. The number of aromatic nitrogens is 1. The molecule has 1 amide bonds. The summed E-state index contributed by atoms with van der Waals surface area (Å²) in [7, 11) is 0. The summed E-state index contributed by atoms with van der Waals surface area (Å²) in [5, 5.41) is 4.52. The Balaban J connectivity index is 1.69. The Kier molecular flexibility index (Phi) is 2.76. The molecule has 0 unspecified atom stereocenters. The zero-order valence-corrected chi connectivity index (χ0v) is 10.7. The number of thiazole rings is 1. The Morgan fingerprint density at radius 2 is 2.33 bits per heavy atom. The van der Waals surface area contributed by atoms with Crippen molar-refractivity contribution in [3.63, 3.8) is 0 Å². The Labute approximate surface area is 109 Å². The molecule has 92 valence electrons. The molecule has 5 heteroatoms. The number of aryl methyl sites for hydroxylation is 1. The van der Waals surface area contributed by atoms with Crippen LogP contribution in [0, 0.1) is 6.92 Å². The van der Waals surface area contributed by atoms with Gasteiger partial charge in [-0.3, -0.25) is 4.79 Å². The number of nitrogens with zero attached hydrogens (tertiary/aromatic N) is 1. The highest BCUT2D eigenvalue weighted by Crippen LogP contribution is 2.29. The van der Waals surface area contributed by atoms with Gasteiger partial charge in [-0.1, -0.05) is 18.2 Å². The van der Waals surface area contributed by atoms with Crippen LogP contribution in [0.4, 0.5) is 5.00 Å². The van der Waals surface area contributed by atoms with Crippen LogP contribution in [0.2, 0.25) is 0 Å². The van der Waals surface area contributed by atoms with Gasteiger partial charge in [-0.15, -0.1) is 11.3 Å². The van der Waals surface area contributed by atoms with Crippen LogP contribution in [-0.2, 0) is 11.2 Å². The fourth-order valence-corrected chi connectivity index (χ4v) is 2.63. The summed E-state index contributed by atoms with van der Waals surface area (Å²) in [4.78, 5) is 16.1. The van der Waals surface area contributed by atoms with E-state index in [9.17, 15) is 4.79 Å². The Hall–Kier alpha value is -1.88. The minimum absolute atomic E-state index is 0.116. The van der Waals surface area contributed by atoms with Gasteiger partial charge in [0.25, 0.3) is 5.91 Å². The van der Waals surface area contributed by atoms with Crippen LogP contribution in [0.3, 0.4) is 0 Å². The number of para-hydroxylation sites is 1. The van der Waals surface area contributed by atoms with Crippen LogP contribution in [-0.4, -0.2) is 17.0 Å². The van der Waals surface area contributed by atoms with Crippen molar-refractivity contribution in [3.8, 4) is 5.75 Å². The molecule has 2 aromatic rings. The highest BCUT2D eigenvalue weighted by molar-refractivity contribution is 7.15. The molecule has 0 bridgehead atoms. The van der Waals surface area contributed by atoms with E-state index in [2.05, 4.69) is 10.3 Å². The average Bonchev–Trinajstić information content (AvgIpc) is 2.95. The number of carbonyl (C=O) groups excluding carboxylic acids is 1. The van der Waals surface area contributed by atoms with Gasteiger partial charge in [-0.05, 0) is 18.6 Å². The quantitative estimate of drug-likeness (QED) is 0.902.